The Morgan fingerprint density at radius 1 is 1.29 bits per heavy atom. The zero-order valence-corrected chi connectivity index (χ0v) is 10.9. The summed E-state index contributed by atoms with van der Waals surface area (Å²) in [5.41, 5.74) is 3.27. The number of nitrogens with two attached hydrogens (primary N) is 1. The maximum Gasteiger partial charge on any atom is 0.416 e. The Morgan fingerprint density at radius 2 is 1.95 bits per heavy atom. The average Bonchev–Trinajstić information content (AvgIpc) is 2.77. The number of nitrogens with one attached hydrogen (secondary N) is 2. The number of anilines is 2. The van der Waals surface area contributed by atoms with E-state index in [2.05, 4.69) is 10.2 Å². The summed E-state index contributed by atoms with van der Waals surface area (Å²) < 4.78 is 76.6. The van der Waals surface area contributed by atoms with Crippen molar-refractivity contribution in [2.45, 2.75) is 11.1 Å². The topological polar surface area (TPSA) is 101 Å². The number of alkyl halides is 3. The molecule has 0 amide bonds. The highest BCUT2D eigenvalue weighted by molar-refractivity contribution is 7.92. The van der Waals surface area contributed by atoms with E-state index in [-0.39, 0.29) is 5.82 Å². The van der Waals surface area contributed by atoms with Gasteiger partial charge in [0.1, 0.15) is 16.5 Å². The maximum absolute atomic E-state index is 13.5. The molecule has 0 unspecified atom stereocenters. The predicted octanol–water partition coefficient (Wildman–Crippen LogP) is 1.95. The molecule has 0 bridgehead atoms. The third-order valence-corrected chi connectivity index (χ3v) is 3.85. The van der Waals surface area contributed by atoms with Gasteiger partial charge in [0, 0.05) is 0 Å². The molecule has 1 aromatic heterocycles. The van der Waals surface area contributed by atoms with Crippen LogP contribution in [0.25, 0.3) is 0 Å². The van der Waals surface area contributed by atoms with Gasteiger partial charge in [0.25, 0.3) is 10.0 Å². The number of aromatic amines is 1. The molecule has 2 aromatic rings. The zero-order chi connectivity index (χ0) is 15.8. The first-order valence-corrected chi connectivity index (χ1v) is 6.78. The average molecular weight is 324 g/mol. The SMILES string of the molecule is Nc1[nH]ncc1S(=O)(=O)Nc1cc(C(F)(F)F)ccc1F. The van der Waals surface area contributed by atoms with Crippen LogP contribution in [-0.4, -0.2) is 18.6 Å². The fourth-order valence-corrected chi connectivity index (χ4v) is 2.56. The van der Waals surface area contributed by atoms with Gasteiger partial charge in [-0.05, 0) is 18.2 Å². The van der Waals surface area contributed by atoms with Crippen LogP contribution >= 0.6 is 0 Å². The number of aromatic nitrogens is 2. The number of hydrogen-bond acceptors (Lipinski definition) is 4. The van der Waals surface area contributed by atoms with Gasteiger partial charge >= 0.3 is 6.18 Å². The van der Waals surface area contributed by atoms with E-state index in [1.165, 1.54) is 0 Å². The second-order valence-electron chi connectivity index (χ2n) is 3.95. The Balaban J connectivity index is 2.42. The summed E-state index contributed by atoms with van der Waals surface area (Å²) in [6.07, 6.45) is -3.88. The number of nitrogens with zero attached hydrogens (tertiary/aromatic N) is 1. The van der Waals surface area contributed by atoms with Crippen molar-refractivity contribution in [1.82, 2.24) is 10.2 Å². The molecule has 6 nitrogen and oxygen atoms in total. The van der Waals surface area contributed by atoms with Gasteiger partial charge in [-0.2, -0.15) is 18.3 Å². The highest BCUT2D eigenvalue weighted by Gasteiger charge is 2.32. The van der Waals surface area contributed by atoms with Crippen LogP contribution in [0, 0.1) is 5.82 Å². The molecule has 2 rings (SSSR count). The third kappa shape index (κ3) is 3.07. The Labute approximate surface area is 116 Å². The van der Waals surface area contributed by atoms with Crippen molar-refractivity contribution >= 4 is 21.5 Å². The fraction of sp³-hybridized carbons (Fsp3) is 0.100. The standard InChI is InChI=1S/C10H8F4N4O2S/c11-6-2-1-5(10(12,13)14)3-7(6)18-21(19,20)8-4-16-17-9(8)15/h1-4,18H,(H3,15,16,17). The van der Waals surface area contributed by atoms with Crippen molar-refractivity contribution in [3.63, 3.8) is 0 Å². The molecule has 0 aliphatic rings. The van der Waals surface area contributed by atoms with E-state index in [9.17, 15) is 26.0 Å². The summed E-state index contributed by atoms with van der Waals surface area (Å²) in [7, 11) is -4.36. The molecule has 0 spiro atoms. The lowest BCUT2D eigenvalue weighted by Gasteiger charge is -2.11. The molecular formula is C10H8F4N4O2S. The van der Waals surface area contributed by atoms with Gasteiger partial charge in [-0.15, -0.1) is 0 Å². The molecular weight excluding hydrogens is 316 g/mol. The van der Waals surface area contributed by atoms with E-state index in [0.29, 0.717) is 18.2 Å². The molecule has 0 atom stereocenters. The zero-order valence-electron chi connectivity index (χ0n) is 10.1. The van der Waals surface area contributed by atoms with E-state index in [1.54, 1.807) is 4.72 Å². The Bertz CT molecular complexity index is 770. The quantitative estimate of drug-likeness (QED) is 0.751. The van der Waals surface area contributed by atoms with Crippen LogP contribution in [-0.2, 0) is 16.2 Å². The molecule has 1 heterocycles. The summed E-state index contributed by atoms with van der Waals surface area (Å²) in [5.74, 6) is -1.48. The molecule has 4 N–H and O–H groups in total. The molecule has 21 heavy (non-hydrogen) atoms. The highest BCUT2D eigenvalue weighted by atomic mass is 32.2. The lowest BCUT2D eigenvalue weighted by Crippen LogP contribution is -2.16. The summed E-state index contributed by atoms with van der Waals surface area (Å²) in [4.78, 5) is -0.501. The molecule has 1 aromatic carbocycles. The molecule has 114 valence electrons. The first-order valence-electron chi connectivity index (χ1n) is 5.29. The predicted molar refractivity (Wildman–Crippen MR) is 65.2 cm³/mol. The van der Waals surface area contributed by atoms with Crippen LogP contribution in [0.3, 0.4) is 0 Å². The third-order valence-electron chi connectivity index (χ3n) is 2.46. The van der Waals surface area contributed by atoms with Gasteiger partial charge in [-0.25, -0.2) is 12.8 Å². The van der Waals surface area contributed by atoms with Gasteiger partial charge in [-0.1, -0.05) is 0 Å². The number of H-pyrrole nitrogens is 1. The van der Waals surface area contributed by atoms with Crippen molar-refractivity contribution < 1.29 is 26.0 Å². The summed E-state index contributed by atoms with van der Waals surface area (Å²) in [6, 6.07) is 1.36. The van der Waals surface area contributed by atoms with E-state index < -0.39 is 38.2 Å². The van der Waals surface area contributed by atoms with Crippen molar-refractivity contribution in [1.29, 1.82) is 0 Å². The summed E-state index contributed by atoms with van der Waals surface area (Å²) >= 11 is 0. The van der Waals surface area contributed by atoms with Crippen molar-refractivity contribution in [3.05, 3.63) is 35.8 Å². The first kappa shape index (κ1) is 15.1. The van der Waals surface area contributed by atoms with Crippen molar-refractivity contribution in [2.24, 2.45) is 0 Å². The minimum atomic E-state index is -4.73. The Morgan fingerprint density at radius 3 is 2.48 bits per heavy atom. The fourth-order valence-electron chi connectivity index (χ4n) is 1.48. The molecule has 0 aliphatic heterocycles. The maximum atomic E-state index is 13.5. The molecule has 0 fully saturated rings. The van der Waals surface area contributed by atoms with E-state index in [1.807, 2.05) is 0 Å². The lowest BCUT2D eigenvalue weighted by molar-refractivity contribution is -0.137. The monoisotopic (exact) mass is 324 g/mol. The smallest absolute Gasteiger partial charge is 0.383 e. The normalized spacial score (nSPS) is 12.4. The van der Waals surface area contributed by atoms with Gasteiger partial charge < -0.3 is 5.73 Å². The van der Waals surface area contributed by atoms with E-state index >= 15 is 0 Å². The molecule has 0 saturated heterocycles. The van der Waals surface area contributed by atoms with Crippen LogP contribution in [0.5, 0.6) is 0 Å². The van der Waals surface area contributed by atoms with E-state index in [0.717, 1.165) is 6.20 Å². The minimum absolute atomic E-state index is 0.324. The summed E-state index contributed by atoms with van der Waals surface area (Å²) in [5, 5.41) is 5.51. The second kappa shape index (κ2) is 4.91. The molecule has 11 heteroatoms. The number of hydrogen-bond donors (Lipinski definition) is 3. The second-order valence-corrected chi connectivity index (χ2v) is 5.60. The van der Waals surface area contributed by atoms with Crippen LogP contribution in [0.1, 0.15) is 5.56 Å². The van der Waals surface area contributed by atoms with Crippen LogP contribution < -0.4 is 10.5 Å². The van der Waals surface area contributed by atoms with E-state index in [4.69, 9.17) is 5.73 Å². The lowest BCUT2D eigenvalue weighted by atomic mass is 10.2. The number of nitrogen functional groups attached to an aromatic ring is 1. The number of rotatable bonds is 3. The van der Waals surface area contributed by atoms with Gasteiger partial charge in [0.05, 0.1) is 17.4 Å². The minimum Gasteiger partial charge on any atom is -0.383 e. The van der Waals surface area contributed by atoms with Gasteiger partial charge in [-0.3, -0.25) is 9.82 Å². The van der Waals surface area contributed by atoms with Crippen LogP contribution in [0.15, 0.2) is 29.3 Å². The van der Waals surface area contributed by atoms with Gasteiger partial charge in [0.2, 0.25) is 0 Å². The van der Waals surface area contributed by atoms with Crippen LogP contribution in [0.2, 0.25) is 0 Å². The Kier molecular flexibility index (Phi) is 3.53. The first-order chi connectivity index (χ1) is 9.61. The largest absolute Gasteiger partial charge is 0.416 e. The molecule has 0 radical (unpaired) electrons. The highest BCUT2D eigenvalue weighted by Crippen LogP contribution is 2.32. The molecule has 0 saturated carbocycles. The van der Waals surface area contributed by atoms with Gasteiger partial charge in [0.15, 0.2) is 0 Å². The number of benzene rings is 1. The van der Waals surface area contributed by atoms with Crippen molar-refractivity contribution in [3.8, 4) is 0 Å². The van der Waals surface area contributed by atoms with Crippen molar-refractivity contribution in [2.75, 3.05) is 10.5 Å². The Hall–Kier alpha value is -2.30. The number of sulfonamides is 1. The molecule has 0 aliphatic carbocycles. The van der Waals surface area contributed by atoms with Crippen LogP contribution in [0.4, 0.5) is 29.1 Å². The number of halogens is 4. The summed E-state index contributed by atoms with van der Waals surface area (Å²) in [6.45, 7) is 0.